The lowest BCUT2D eigenvalue weighted by Gasteiger charge is -2.19. The predicted molar refractivity (Wildman–Crippen MR) is 70.0 cm³/mol. The van der Waals surface area contributed by atoms with Gasteiger partial charge in [-0.05, 0) is 26.0 Å². The molecule has 2 rings (SSSR count). The van der Waals surface area contributed by atoms with Crippen molar-refractivity contribution >= 4 is 40.5 Å². The Labute approximate surface area is 114 Å². The zero-order chi connectivity index (χ0) is 13.4. The molecular formula is C13H10Cl2O3. The molecule has 3 nitrogen and oxygen atoms in total. The number of carbonyl (C=O) groups excluding carboxylic acids is 2. The Balaban J connectivity index is 2.60. The van der Waals surface area contributed by atoms with E-state index in [1.807, 2.05) is 13.8 Å². The molecule has 0 N–H and O–H groups in total. The number of benzene rings is 1. The molecule has 0 saturated carbocycles. The van der Waals surface area contributed by atoms with Crippen LogP contribution in [0.5, 0.6) is 0 Å². The summed E-state index contributed by atoms with van der Waals surface area (Å²) in [5.74, 6) is -0.862. The normalized spacial score (nSPS) is 14.6. The van der Waals surface area contributed by atoms with Crippen LogP contribution in [0.15, 0.2) is 18.2 Å². The summed E-state index contributed by atoms with van der Waals surface area (Å²) in [6.07, 6.45) is 1.08. The lowest BCUT2D eigenvalue weighted by molar-refractivity contribution is -0.111. The van der Waals surface area contributed by atoms with E-state index in [4.69, 9.17) is 27.9 Å². The minimum absolute atomic E-state index is 0.112. The van der Waals surface area contributed by atoms with Gasteiger partial charge in [0.1, 0.15) is 5.76 Å². The molecule has 1 aliphatic rings. The largest absolute Gasteiger partial charge is 0.490 e. The van der Waals surface area contributed by atoms with E-state index in [1.165, 1.54) is 18.2 Å². The Hall–Kier alpha value is -1.32. The summed E-state index contributed by atoms with van der Waals surface area (Å²) in [7, 11) is 0. The van der Waals surface area contributed by atoms with Crippen LogP contribution in [0.2, 0.25) is 10.0 Å². The molecule has 1 aromatic carbocycles. The second-order valence-electron chi connectivity index (χ2n) is 4.18. The summed E-state index contributed by atoms with van der Waals surface area (Å²) in [6.45, 7) is 3.66. The van der Waals surface area contributed by atoms with Gasteiger partial charge in [0.05, 0.1) is 16.1 Å². The number of ether oxygens (including phenoxy) is 1. The molecule has 0 amide bonds. The van der Waals surface area contributed by atoms with E-state index < -0.39 is 11.6 Å². The van der Waals surface area contributed by atoms with Crippen molar-refractivity contribution in [3.63, 3.8) is 0 Å². The fourth-order valence-electron chi connectivity index (χ4n) is 1.69. The van der Waals surface area contributed by atoms with E-state index in [1.54, 1.807) is 0 Å². The Kier molecular flexibility index (Phi) is 3.46. The number of carbonyl (C=O) groups is 2. The highest BCUT2D eigenvalue weighted by molar-refractivity contribution is 6.51. The molecule has 0 heterocycles. The highest BCUT2D eigenvalue weighted by Gasteiger charge is 2.28. The third kappa shape index (κ3) is 2.28. The Morgan fingerprint density at radius 3 is 2.17 bits per heavy atom. The van der Waals surface area contributed by atoms with E-state index in [9.17, 15) is 9.59 Å². The van der Waals surface area contributed by atoms with Crippen LogP contribution in [0.3, 0.4) is 0 Å². The van der Waals surface area contributed by atoms with Crippen molar-refractivity contribution in [3.05, 3.63) is 39.4 Å². The van der Waals surface area contributed by atoms with Gasteiger partial charge in [-0.15, -0.1) is 0 Å². The first-order chi connectivity index (χ1) is 8.40. The van der Waals surface area contributed by atoms with Crippen molar-refractivity contribution in [1.82, 2.24) is 0 Å². The molecule has 18 heavy (non-hydrogen) atoms. The number of hydrogen-bond donors (Lipinski definition) is 0. The Morgan fingerprint density at radius 1 is 1.06 bits per heavy atom. The Morgan fingerprint density at radius 2 is 1.61 bits per heavy atom. The van der Waals surface area contributed by atoms with Gasteiger partial charge in [-0.2, -0.15) is 0 Å². The van der Waals surface area contributed by atoms with Crippen LogP contribution >= 0.6 is 23.2 Å². The highest BCUT2D eigenvalue weighted by atomic mass is 35.5. The number of rotatable bonds is 2. The van der Waals surface area contributed by atoms with E-state index in [0.717, 1.165) is 0 Å². The van der Waals surface area contributed by atoms with Gasteiger partial charge in [0.25, 0.3) is 0 Å². The fraction of sp³-hybridized carbons (Fsp3) is 0.231. The van der Waals surface area contributed by atoms with Crippen LogP contribution < -0.4 is 0 Å². The monoisotopic (exact) mass is 284 g/mol. The van der Waals surface area contributed by atoms with Crippen molar-refractivity contribution in [3.8, 4) is 0 Å². The topological polar surface area (TPSA) is 43.4 Å². The number of Topliss-reactive ketones (excluding diaryl/α,β-unsaturated/α-hetero) is 1. The number of fused-ring (bicyclic) bond motifs is 1. The van der Waals surface area contributed by atoms with Gasteiger partial charge in [-0.3, -0.25) is 9.59 Å². The third-order valence-corrected chi connectivity index (χ3v) is 3.14. The first-order valence-electron chi connectivity index (χ1n) is 5.36. The lowest BCUT2D eigenvalue weighted by Crippen LogP contribution is -2.20. The molecule has 0 radical (unpaired) electrons. The zero-order valence-electron chi connectivity index (χ0n) is 9.79. The van der Waals surface area contributed by atoms with Crippen LogP contribution in [0.4, 0.5) is 0 Å². The average Bonchev–Trinajstić information content (AvgIpc) is 2.28. The lowest BCUT2D eigenvalue weighted by atomic mass is 9.94. The summed E-state index contributed by atoms with van der Waals surface area (Å²) in [6, 6.07) is 2.94. The fourth-order valence-corrected chi connectivity index (χ4v) is 2.01. The number of halogens is 2. The van der Waals surface area contributed by atoms with Crippen LogP contribution in [0.1, 0.15) is 29.8 Å². The number of ketones is 2. The minimum Gasteiger partial charge on any atom is -0.490 e. The van der Waals surface area contributed by atoms with Crippen molar-refractivity contribution in [1.29, 1.82) is 0 Å². The zero-order valence-corrected chi connectivity index (χ0v) is 11.3. The molecular weight excluding hydrogens is 275 g/mol. The summed E-state index contributed by atoms with van der Waals surface area (Å²) >= 11 is 11.8. The standard InChI is InChI=1S/C13H10Cl2O3/c1-6(2)18-12-5-11(16)13(17)8-4-10(15)9(14)3-7(8)12/h3-6H,1-2H3. The van der Waals surface area contributed by atoms with Gasteiger partial charge in [-0.25, -0.2) is 0 Å². The summed E-state index contributed by atoms with van der Waals surface area (Å²) in [4.78, 5) is 23.3. The average molecular weight is 285 g/mol. The predicted octanol–water partition coefficient (Wildman–Crippen LogP) is 3.52. The SMILES string of the molecule is CC(C)OC1=CC(=O)C(=O)c2cc(Cl)c(Cl)cc21. The van der Waals surface area contributed by atoms with E-state index in [0.29, 0.717) is 16.3 Å². The van der Waals surface area contributed by atoms with Gasteiger partial charge in [-0.1, -0.05) is 23.2 Å². The second-order valence-corrected chi connectivity index (χ2v) is 4.99. The Bertz CT molecular complexity index is 574. The van der Waals surface area contributed by atoms with Crippen molar-refractivity contribution in [2.24, 2.45) is 0 Å². The van der Waals surface area contributed by atoms with Gasteiger partial charge < -0.3 is 4.74 Å². The second kappa shape index (κ2) is 4.75. The van der Waals surface area contributed by atoms with Crippen molar-refractivity contribution < 1.29 is 14.3 Å². The molecule has 1 aromatic rings. The molecule has 0 aliphatic heterocycles. The molecule has 0 spiro atoms. The summed E-state index contributed by atoms with van der Waals surface area (Å²) < 4.78 is 5.52. The van der Waals surface area contributed by atoms with Crippen LogP contribution in [-0.4, -0.2) is 17.7 Å². The van der Waals surface area contributed by atoms with E-state index in [2.05, 4.69) is 0 Å². The maximum absolute atomic E-state index is 11.8. The van der Waals surface area contributed by atoms with Crippen LogP contribution in [-0.2, 0) is 9.53 Å². The highest BCUT2D eigenvalue weighted by Crippen LogP contribution is 2.33. The molecule has 0 atom stereocenters. The third-order valence-electron chi connectivity index (χ3n) is 2.42. The van der Waals surface area contributed by atoms with Crippen molar-refractivity contribution in [2.75, 3.05) is 0 Å². The molecule has 0 fully saturated rings. The molecule has 0 unspecified atom stereocenters. The first kappa shape index (κ1) is 13.1. The van der Waals surface area contributed by atoms with Gasteiger partial charge in [0.15, 0.2) is 0 Å². The minimum atomic E-state index is -0.614. The van der Waals surface area contributed by atoms with Crippen LogP contribution in [0.25, 0.3) is 5.76 Å². The van der Waals surface area contributed by atoms with Gasteiger partial charge in [0, 0.05) is 17.2 Å². The maximum atomic E-state index is 11.8. The quantitative estimate of drug-likeness (QED) is 0.781. The smallest absolute Gasteiger partial charge is 0.233 e. The first-order valence-corrected chi connectivity index (χ1v) is 6.12. The number of allylic oxidation sites excluding steroid dienone is 1. The van der Waals surface area contributed by atoms with Crippen molar-refractivity contribution in [2.45, 2.75) is 20.0 Å². The molecule has 5 heteroatoms. The summed E-state index contributed by atoms with van der Waals surface area (Å²) in [5, 5.41) is 0.554. The van der Waals surface area contributed by atoms with Crippen LogP contribution in [0, 0.1) is 0 Å². The van der Waals surface area contributed by atoms with E-state index in [-0.39, 0.29) is 16.7 Å². The number of hydrogen-bond acceptors (Lipinski definition) is 3. The van der Waals surface area contributed by atoms with E-state index >= 15 is 0 Å². The molecule has 0 saturated heterocycles. The molecule has 94 valence electrons. The van der Waals surface area contributed by atoms with Gasteiger partial charge >= 0.3 is 0 Å². The molecule has 1 aliphatic carbocycles. The maximum Gasteiger partial charge on any atom is 0.233 e. The molecule has 0 aromatic heterocycles. The summed E-state index contributed by atoms with van der Waals surface area (Å²) in [5.41, 5.74) is 0.732. The van der Waals surface area contributed by atoms with Gasteiger partial charge in [0.2, 0.25) is 11.6 Å². The molecule has 0 bridgehead atoms.